The predicted octanol–water partition coefficient (Wildman–Crippen LogP) is 2.33. The van der Waals surface area contributed by atoms with Crippen molar-refractivity contribution in [3.63, 3.8) is 0 Å². The number of hydrogen-bond donors (Lipinski definition) is 1. The number of hydrogen-bond acceptors (Lipinski definition) is 1. The van der Waals surface area contributed by atoms with Gasteiger partial charge in [-0.25, -0.2) is 0 Å². The van der Waals surface area contributed by atoms with Crippen LogP contribution in [0.25, 0.3) is 0 Å². The molecule has 1 nitrogen and oxygen atoms in total. The Kier molecular flexibility index (Phi) is 5.89. The van der Waals surface area contributed by atoms with Gasteiger partial charge in [-0.3, -0.25) is 0 Å². The Balaban J connectivity index is 3.16. The maximum Gasteiger partial charge on any atom is 0.0233 e. The Morgan fingerprint density at radius 2 is 2.11 bits per heavy atom. The molecule has 0 saturated heterocycles. The Labute approximate surface area is 71.5 Å². The molecule has 0 heterocycles. The van der Waals surface area contributed by atoms with E-state index in [0.29, 0.717) is 9.97 Å². The zero-order valence-electron chi connectivity index (χ0n) is 6.23. The van der Waals surface area contributed by atoms with Crippen molar-refractivity contribution in [3.05, 3.63) is 0 Å². The monoisotopic (exact) mass is 241 g/mol. The highest BCUT2D eigenvalue weighted by molar-refractivity contribution is 14.1. The largest absolute Gasteiger partial charge is 0.327 e. The molecule has 0 spiro atoms. The van der Waals surface area contributed by atoms with Crippen molar-refractivity contribution >= 4 is 22.6 Å². The van der Waals surface area contributed by atoms with Crippen molar-refractivity contribution < 1.29 is 0 Å². The van der Waals surface area contributed by atoms with Crippen LogP contribution in [-0.2, 0) is 0 Å². The van der Waals surface area contributed by atoms with E-state index in [1.165, 1.54) is 19.3 Å². The fourth-order valence-electron chi connectivity index (χ4n) is 0.669. The molecule has 0 aromatic heterocycles. The van der Waals surface area contributed by atoms with Gasteiger partial charge >= 0.3 is 0 Å². The van der Waals surface area contributed by atoms with Crippen molar-refractivity contribution in [2.45, 2.75) is 43.1 Å². The van der Waals surface area contributed by atoms with Gasteiger partial charge in [-0.2, -0.15) is 0 Å². The minimum Gasteiger partial charge on any atom is -0.327 e. The first kappa shape index (κ1) is 9.69. The first-order valence-corrected chi connectivity index (χ1v) is 4.82. The van der Waals surface area contributed by atoms with Crippen LogP contribution >= 0.6 is 22.6 Å². The van der Waals surface area contributed by atoms with Crippen molar-refractivity contribution in [1.82, 2.24) is 0 Å². The summed E-state index contributed by atoms with van der Waals surface area (Å²) in [6, 6.07) is 0.408. The van der Waals surface area contributed by atoms with Crippen LogP contribution in [0, 0.1) is 0 Å². The second kappa shape index (κ2) is 5.47. The normalized spacial score (nSPS) is 17.3. The molecule has 1 unspecified atom stereocenters. The van der Waals surface area contributed by atoms with Gasteiger partial charge in [0.2, 0.25) is 0 Å². The second-order valence-electron chi connectivity index (χ2n) is 2.48. The number of halogens is 1. The van der Waals surface area contributed by atoms with Crippen LogP contribution in [-0.4, -0.2) is 9.97 Å². The number of unbranched alkanes of at least 4 members (excludes halogenated alkanes) is 1. The van der Waals surface area contributed by atoms with Gasteiger partial charge < -0.3 is 5.73 Å². The van der Waals surface area contributed by atoms with Crippen LogP contribution in [0.5, 0.6) is 0 Å². The van der Waals surface area contributed by atoms with Gasteiger partial charge in [0.1, 0.15) is 0 Å². The van der Waals surface area contributed by atoms with Gasteiger partial charge in [0.15, 0.2) is 0 Å². The molecular formula is C7H16IN. The molecule has 0 bridgehead atoms. The molecule has 0 amide bonds. The predicted molar refractivity (Wildman–Crippen MR) is 51.0 cm³/mol. The molecule has 0 fully saturated rings. The maximum absolute atomic E-state index is 5.80. The van der Waals surface area contributed by atoms with Gasteiger partial charge in [-0.1, -0.05) is 49.3 Å². The smallest absolute Gasteiger partial charge is 0.0233 e. The molecule has 9 heavy (non-hydrogen) atoms. The fraction of sp³-hybridized carbons (Fsp3) is 1.00. The highest BCUT2D eigenvalue weighted by atomic mass is 127. The minimum atomic E-state index is 0.408. The van der Waals surface area contributed by atoms with Crippen molar-refractivity contribution in [1.29, 1.82) is 0 Å². The molecular weight excluding hydrogens is 225 g/mol. The van der Waals surface area contributed by atoms with E-state index in [2.05, 4.69) is 36.4 Å². The molecule has 2 heteroatoms. The molecule has 0 radical (unpaired) electrons. The lowest BCUT2D eigenvalue weighted by Crippen LogP contribution is -2.27. The Hall–Kier alpha value is 0.690. The SMILES string of the molecule is CCCCC(N)[C@@H](C)I. The third-order valence-corrected chi connectivity index (χ3v) is 2.40. The fourth-order valence-corrected chi connectivity index (χ4v) is 1.03. The average Bonchev–Trinajstić information content (AvgIpc) is 1.82. The minimum absolute atomic E-state index is 0.408. The summed E-state index contributed by atoms with van der Waals surface area (Å²) >= 11 is 2.38. The summed E-state index contributed by atoms with van der Waals surface area (Å²) in [7, 11) is 0. The molecule has 0 saturated carbocycles. The summed E-state index contributed by atoms with van der Waals surface area (Å²) in [6.45, 7) is 4.37. The topological polar surface area (TPSA) is 26.0 Å². The van der Waals surface area contributed by atoms with Gasteiger partial charge in [0, 0.05) is 9.97 Å². The molecule has 2 N–H and O–H groups in total. The van der Waals surface area contributed by atoms with Crippen LogP contribution in [0.2, 0.25) is 0 Å². The third kappa shape index (κ3) is 5.15. The quantitative estimate of drug-likeness (QED) is 0.593. The van der Waals surface area contributed by atoms with Crippen LogP contribution in [0.1, 0.15) is 33.1 Å². The number of nitrogens with two attached hydrogens (primary N) is 1. The van der Waals surface area contributed by atoms with Crippen LogP contribution in [0.3, 0.4) is 0 Å². The maximum atomic E-state index is 5.80. The first-order chi connectivity index (χ1) is 4.18. The lowest BCUT2D eigenvalue weighted by molar-refractivity contribution is 0.582. The summed E-state index contributed by atoms with van der Waals surface area (Å²) in [5.74, 6) is 0. The van der Waals surface area contributed by atoms with E-state index in [1.807, 2.05) is 0 Å². The lowest BCUT2D eigenvalue weighted by atomic mass is 10.1. The molecule has 0 aromatic carbocycles. The lowest BCUT2D eigenvalue weighted by Gasteiger charge is -2.12. The average molecular weight is 241 g/mol. The molecule has 0 aliphatic rings. The zero-order chi connectivity index (χ0) is 7.28. The van der Waals surface area contributed by atoms with E-state index in [-0.39, 0.29) is 0 Å². The molecule has 0 aliphatic carbocycles. The molecule has 2 atom stereocenters. The van der Waals surface area contributed by atoms with Crippen LogP contribution in [0.4, 0.5) is 0 Å². The van der Waals surface area contributed by atoms with Crippen molar-refractivity contribution in [3.8, 4) is 0 Å². The van der Waals surface area contributed by atoms with Crippen LogP contribution in [0.15, 0.2) is 0 Å². The van der Waals surface area contributed by atoms with E-state index >= 15 is 0 Å². The van der Waals surface area contributed by atoms with Crippen molar-refractivity contribution in [2.75, 3.05) is 0 Å². The molecule has 0 aliphatic heterocycles. The van der Waals surface area contributed by atoms with Gasteiger partial charge in [-0.15, -0.1) is 0 Å². The number of rotatable bonds is 4. The standard InChI is InChI=1S/C7H16IN/c1-3-4-5-7(9)6(2)8/h6-7H,3-5,9H2,1-2H3/t6-,7?/m1/s1. The second-order valence-corrected chi connectivity index (χ2v) is 4.45. The highest BCUT2D eigenvalue weighted by Crippen LogP contribution is 2.09. The van der Waals surface area contributed by atoms with Gasteiger partial charge in [-0.05, 0) is 6.42 Å². The van der Waals surface area contributed by atoms with Gasteiger partial charge in [0.05, 0.1) is 0 Å². The molecule has 56 valence electrons. The van der Waals surface area contributed by atoms with Gasteiger partial charge in [0.25, 0.3) is 0 Å². The zero-order valence-corrected chi connectivity index (χ0v) is 8.39. The Morgan fingerprint density at radius 3 is 2.44 bits per heavy atom. The summed E-state index contributed by atoms with van der Waals surface area (Å²) in [4.78, 5) is 0. The first-order valence-electron chi connectivity index (χ1n) is 3.58. The highest BCUT2D eigenvalue weighted by Gasteiger charge is 2.06. The van der Waals surface area contributed by atoms with Crippen molar-refractivity contribution in [2.24, 2.45) is 5.73 Å². The van der Waals surface area contributed by atoms with E-state index in [9.17, 15) is 0 Å². The van der Waals surface area contributed by atoms with E-state index in [0.717, 1.165) is 0 Å². The summed E-state index contributed by atoms with van der Waals surface area (Å²) in [6.07, 6.45) is 3.71. The Bertz CT molecular complexity index is 63.9. The van der Waals surface area contributed by atoms with E-state index in [1.54, 1.807) is 0 Å². The van der Waals surface area contributed by atoms with Crippen LogP contribution < -0.4 is 5.73 Å². The Morgan fingerprint density at radius 1 is 1.56 bits per heavy atom. The summed E-state index contributed by atoms with van der Waals surface area (Å²) in [5.41, 5.74) is 5.80. The molecule has 0 aromatic rings. The summed E-state index contributed by atoms with van der Waals surface area (Å²) in [5, 5.41) is 0. The summed E-state index contributed by atoms with van der Waals surface area (Å²) < 4.78 is 0.620. The van der Waals surface area contributed by atoms with E-state index in [4.69, 9.17) is 5.73 Å². The van der Waals surface area contributed by atoms with E-state index < -0.39 is 0 Å². The molecule has 0 rings (SSSR count). The number of alkyl halides is 1. The third-order valence-electron chi connectivity index (χ3n) is 1.48.